The van der Waals surface area contributed by atoms with Crippen molar-refractivity contribution < 1.29 is 19.4 Å². The summed E-state index contributed by atoms with van der Waals surface area (Å²) in [6, 6.07) is 0. The van der Waals surface area contributed by atoms with Crippen LogP contribution in [0.25, 0.3) is 0 Å². The van der Waals surface area contributed by atoms with E-state index < -0.39 is 5.97 Å². The third-order valence-corrected chi connectivity index (χ3v) is 4.29. The summed E-state index contributed by atoms with van der Waals surface area (Å²) in [7, 11) is 0. The minimum absolute atomic E-state index is 0.0106. The number of carboxylic acid groups (broad SMARTS) is 1. The van der Waals surface area contributed by atoms with Crippen LogP contribution in [0.3, 0.4) is 0 Å². The highest BCUT2D eigenvalue weighted by Crippen LogP contribution is 2.43. The Morgan fingerprint density at radius 1 is 1.26 bits per heavy atom. The number of nitrogens with one attached hydrogen (secondary N) is 1. The molecule has 0 aromatic carbocycles. The van der Waals surface area contributed by atoms with Gasteiger partial charge in [-0.25, -0.2) is 0 Å². The van der Waals surface area contributed by atoms with E-state index >= 15 is 0 Å². The van der Waals surface area contributed by atoms with Crippen LogP contribution in [0.4, 0.5) is 0 Å². The van der Waals surface area contributed by atoms with Crippen molar-refractivity contribution in [3.8, 4) is 0 Å². The number of carbonyl (C=O) groups is 2. The SMILES string of the molecule is O=C(O)CC1(CNC(=O)CC2CCCCO2)CCC1. The zero-order valence-corrected chi connectivity index (χ0v) is 11.3. The second-order valence-electron chi connectivity index (χ2n) is 5.89. The third kappa shape index (κ3) is 4.20. The molecule has 0 bridgehead atoms. The van der Waals surface area contributed by atoms with Gasteiger partial charge < -0.3 is 15.2 Å². The summed E-state index contributed by atoms with van der Waals surface area (Å²) in [6.07, 6.45) is 6.64. The van der Waals surface area contributed by atoms with Gasteiger partial charge in [-0.15, -0.1) is 0 Å². The van der Waals surface area contributed by atoms with Crippen molar-refractivity contribution >= 4 is 11.9 Å². The largest absolute Gasteiger partial charge is 0.481 e. The van der Waals surface area contributed by atoms with Gasteiger partial charge in [-0.2, -0.15) is 0 Å². The van der Waals surface area contributed by atoms with Crippen LogP contribution in [0.2, 0.25) is 0 Å². The number of amides is 1. The van der Waals surface area contributed by atoms with E-state index in [0.29, 0.717) is 13.0 Å². The summed E-state index contributed by atoms with van der Waals surface area (Å²) in [5.41, 5.74) is -0.199. The molecule has 1 saturated heterocycles. The minimum Gasteiger partial charge on any atom is -0.481 e. The Balaban J connectivity index is 1.71. The monoisotopic (exact) mass is 269 g/mol. The zero-order valence-electron chi connectivity index (χ0n) is 11.3. The minimum atomic E-state index is -0.774. The van der Waals surface area contributed by atoms with Crippen molar-refractivity contribution in [2.45, 2.75) is 57.5 Å². The molecule has 2 N–H and O–H groups in total. The Bertz CT molecular complexity index is 332. The third-order valence-electron chi connectivity index (χ3n) is 4.29. The van der Waals surface area contributed by atoms with E-state index in [9.17, 15) is 9.59 Å². The van der Waals surface area contributed by atoms with Gasteiger partial charge in [-0.1, -0.05) is 6.42 Å². The summed E-state index contributed by atoms with van der Waals surface area (Å²) in [4.78, 5) is 22.7. The fourth-order valence-corrected chi connectivity index (χ4v) is 2.95. The lowest BCUT2D eigenvalue weighted by molar-refractivity contribution is -0.142. The zero-order chi connectivity index (χ0) is 13.7. The number of ether oxygens (including phenoxy) is 1. The quantitative estimate of drug-likeness (QED) is 0.769. The first-order valence-corrected chi connectivity index (χ1v) is 7.20. The van der Waals surface area contributed by atoms with Crippen molar-refractivity contribution in [3.05, 3.63) is 0 Å². The van der Waals surface area contributed by atoms with E-state index in [0.717, 1.165) is 45.1 Å². The normalized spacial score (nSPS) is 25.4. The first-order valence-electron chi connectivity index (χ1n) is 7.20. The molecule has 5 nitrogen and oxygen atoms in total. The van der Waals surface area contributed by atoms with Gasteiger partial charge in [0.15, 0.2) is 0 Å². The second-order valence-corrected chi connectivity index (χ2v) is 5.89. The molecule has 1 amide bonds. The molecule has 19 heavy (non-hydrogen) atoms. The van der Waals surface area contributed by atoms with E-state index in [4.69, 9.17) is 9.84 Å². The van der Waals surface area contributed by atoms with Gasteiger partial charge >= 0.3 is 5.97 Å². The van der Waals surface area contributed by atoms with Crippen LogP contribution in [-0.2, 0) is 14.3 Å². The lowest BCUT2D eigenvalue weighted by Crippen LogP contribution is -2.44. The molecule has 5 heteroatoms. The van der Waals surface area contributed by atoms with Crippen LogP contribution in [0, 0.1) is 5.41 Å². The van der Waals surface area contributed by atoms with Crippen LogP contribution in [0.5, 0.6) is 0 Å². The van der Waals surface area contributed by atoms with Crippen LogP contribution >= 0.6 is 0 Å². The molecule has 0 radical (unpaired) electrons. The molecule has 2 rings (SSSR count). The van der Waals surface area contributed by atoms with Gasteiger partial charge in [0.05, 0.1) is 18.9 Å². The average Bonchev–Trinajstić information content (AvgIpc) is 2.33. The van der Waals surface area contributed by atoms with Crippen LogP contribution in [-0.4, -0.2) is 36.2 Å². The lowest BCUT2D eigenvalue weighted by atomic mass is 9.66. The van der Waals surface area contributed by atoms with E-state index in [-0.39, 0.29) is 23.8 Å². The van der Waals surface area contributed by atoms with Crippen molar-refractivity contribution in [1.82, 2.24) is 5.32 Å². The van der Waals surface area contributed by atoms with Crippen molar-refractivity contribution in [3.63, 3.8) is 0 Å². The number of hydrogen-bond acceptors (Lipinski definition) is 3. The molecule has 1 aliphatic carbocycles. The predicted octanol–water partition coefficient (Wildman–Crippen LogP) is 1.71. The van der Waals surface area contributed by atoms with Gasteiger partial charge in [-0.3, -0.25) is 9.59 Å². The number of hydrogen-bond donors (Lipinski definition) is 2. The smallest absolute Gasteiger partial charge is 0.303 e. The summed E-state index contributed by atoms with van der Waals surface area (Å²) in [5, 5.41) is 11.8. The highest BCUT2D eigenvalue weighted by molar-refractivity contribution is 5.76. The van der Waals surface area contributed by atoms with E-state index in [2.05, 4.69) is 5.32 Å². The van der Waals surface area contributed by atoms with Gasteiger partial charge in [0.25, 0.3) is 0 Å². The first-order chi connectivity index (χ1) is 9.10. The molecule has 1 aliphatic heterocycles. The van der Waals surface area contributed by atoms with Gasteiger partial charge in [-0.05, 0) is 37.5 Å². The Morgan fingerprint density at radius 2 is 2.05 bits per heavy atom. The van der Waals surface area contributed by atoms with E-state index in [1.165, 1.54) is 0 Å². The molecule has 108 valence electrons. The summed E-state index contributed by atoms with van der Waals surface area (Å²) in [6.45, 7) is 1.24. The molecule has 1 saturated carbocycles. The van der Waals surface area contributed by atoms with Crippen LogP contribution < -0.4 is 5.32 Å². The molecular formula is C14H23NO4. The Kier molecular flexibility index (Phi) is 4.80. The number of carbonyl (C=O) groups excluding carboxylic acids is 1. The van der Waals surface area contributed by atoms with Gasteiger partial charge in [0, 0.05) is 13.2 Å². The number of rotatable bonds is 6. The molecule has 1 heterocycles. The van der Waals surface area contributed by atoms with Crippen molar-refractivity contribution in [2.24, 2.45) is 5.41 Å². The Labute approximate surface area is 113 Å². The molecule has 1 atom stereocenters. The van der Waals surface area contributed by atoms with Crippen molar-refractivity contribution in [1.29, 1.82) is 0 Å². The average molecular weight is 269 g/mol. The number of carboxylic acids is 1. The van der Waals surface area contributed by atoms with Gasteiger partial charge in [0.2, 0.25) is 5.91 Å². The van der Waals surface area contributed by atoms with E-state index in [1.807, 2.05) is 0 Å². The maximum absolute atomic E-state index is 11.8. The summed E-state index contributed by atoms with van der Waals surface area (Å²) >= 11 is 0. The van der Waals surface area contributed by atoms with Crippen LogP contribution in [0.15, 0.2) is 0 Å². The molecular weight excluding hydrogens is 246 g/mol. The van der Waals surface area contributed by atoms with Gasteiger partial charge in [0.1, 0.15) is 0 Å². The molecule has 0 aromatic heterocycles. The molecule has 0 aromatic rings. The molecule has 2 aliphatic rings. The number of aliphatic carboxylic acids is 1. The maximum atomic E-state index is 11.8. The molecule has 1 unspecified atom stereocenters. The molecule has 2 fully saturated rings. The summed E-state index contributed by atoms with van der Waals surface area (Å²) < 4.78 is 5.53. The Hall–Kier alpha value is -1.10. The first kappa shape index (κ1) is 14.3. The second kappa shape index (κ2) is 6.37. The Morgan fingerprint density at radius 3 is 2.58 bits per heavy atom. The highest BCUT2D eigenvalue weighted by atomic mass is 16.5. The maximum Gasteiger partial charge on any atom is 0.303 e. The topological polar surface area (TPSA) is 75.6 Å². The van der Waals surface area contributed by atoms with E-state index in [1.54, 1.807) is 0 Å². The fraction of sp³-hybridized carbons (Fsp3) is 0.857. The standard InChI is InChI=1S/C14H23NO4/c16-12(8-11-4-1-2-7-19-11)15-10-14(5-3-6-14)9-13(17)18/h11H,1-10H2,(H,15,16)(H,17,18). The fourth-order valence-electron chi connectivity index (χ4n) is 2.95. The predicted molar refractivity (Wildman–Crippen MR) is 69.8 cm³/mol. The lowest BCUT2D eigenvalue weighted by Gasteiger charge is -2.41. The highest BCUT2D eigenvalue weighted by Gasteiger charge is 2.39. The summed E-state index contributed by atoms with van der Waals surface area (Å²) in [5.74, 6) is -0.784. The molecule has 0 spiro atoms. The van der Waals surface area contributed by atoms with Crippen LogP contribution in [0.1, 0.15) is 51.4 Å². The van der Waals surface area contributed by atoms with Crippen molar-refractivity contribution in [2.75, 3.05) is 13.2 Å².